The number of rotatable bonds is 7. The lowest BCUT2D eigenvalue weighted by Crippen LogP contribution is -2.34. The third-order valence-corrected chi connectivity index (χ3v) is 7.14. The molecule has 0 saturated heterocycles. The van der Waals surface area contributed by atoms with Crippen molar-refractivity contribution in [2.24, 2.45) is 0 Å². The smallest absolute Gasteiger partial charge is 0.255 e. The second-order valence-corrected chi connectivity index (χ2v) is 10.3. The maximum Gasteiger partial charge on any atom is 0.255 e. The van der Waals surface area contributed by atoms with Gasteiger partial charge in [0.2, 0.25) is 5.91 Å². The highest BCUT2D eigenvalue weighted by atomic mass is 35.5. The zero-order valence-corrected chi connectivity index (χ0v) is 23.3. The first-order chi connectivity index (χ1) is 20.4. The molecule has 1 amide bonds. The maximum absolute atomic E-state index is 13.7. The molecule has 0 saturated carbocycles. The average Bonchev–Trinajstić information content (AvgIpc) is 3.42. The van der Waals surface area contributed by atoms with Gasteiger partial charge in [-0.15, -0.1) is 5.10 Å². The highest BCUT2D eigenvalue weighted by Gasteiger charge is 2.24. The first-order valence-electron chi connectivity index (χ1n) is 12.8. The van der Waals surface area contributed by atoms with Crippen molar-refractivity contribution in [3.8, 4) is 16.9 Å². The lowest BCUT2D eigenvalue weighted by molar-refractivity contribution is -0.119. The lowest BCUT2D eigenvalue weighted by atomic mass is 10.0. The summed E-state index contributed by atoms with van der Waals surface area (Å²) in [6.45, 7) is 0. The molecular weight excluding hydrogens is 577 g/mol. The van der Waals surface area contributed by atoms with Gasteiger partial charge in [0.15, 0.2) is 5.15 Å². The van der Waals surface area contributed by atoms with Crippen molar-refractivity contribution in [3.63, 3.8) is 0 Å². The Kier molecular flexibility index (Phi) is 7.39. The van der Waals surface area contributed by atoms with Gasteiger partial charge in [-0.1, -0.05) is 58.7 Å². The van der Waals surface area contributed by atoms with Crippen LogP contribution in [0.4, 0.5) is 5.69 Å². The molecule has 6 rings (SSSR count). The number of carbonyl (C=O) groups is 1. The van der Waals surface area contributed by atoms with E-state index in [1.54, 1.807) is 48.7 Å². The van der Waals surface area contributed by atoms with Gasteiger partial charge in [0.1, 0.15) is 6.04 Å². The molecule has 12 heteroatoms. The summed E-state index contributed by atoms with van der Waals surface area (Å²) in [6.07, 6.45) is 4.66. The van der Waals surface area contributed by atoms with E-state index in [0.29, 0.717) is 38.4 Å². The van der Waals surface area contributed by atoms with Gasteiger partial charge in [0.05, 0.1) is 23.9 Å². The molecule has 0 spiro atoms. The summed E-state index contributed by atoms with van der Waals surface area (Å²) >= 11 is 12.2. The number of carbonyl (C=O) groups excluding carboxylic acids is 1. The number of nitrogens with one attached hydrogen (secondary N) is 2. The number of halogens is 2. The van der Waals surface area contributed by atoms with Crippen molar-refractivity contribution in [1.29, 1.82) is 0 Å². The molecule has 0 aliphatic rings. The fraction of sp³-hybridized carbons (Fsp3) is 0.0667. The predicted octanol–water partition coefficient (Wildman–Crippen LogP) is 5.06. The van der Waals surface area contributed by atoms with Crippen LogP contribution < -0.4 is 16.4 Å². The standard InChI is InChI=1S/C30H21Cl2N7O3/c31-20-6-9-25(39-16-27(32)36-37-39)23(14-20)24-15-28(40)38(17-34-24)26(12-18-4-2-1-3-5-18)30(42)35-21-7-8-22-19(13-21)10-11-33-29(22)41/h1-11,13-17,26H,12H2,(H,33,41)(H,35,42)/t26-/m0/s1. The van der Waals surface area contributed by atoms with E-state index in [1.807, 2.05) is 30.3 Å². The summed E-state index contributed by atoms with van der Waals surface area (Å²) in [7, 11) is 0. The molecule has 3 aromatic heterocycles. The van der Waals surface area contributed by atoms with Crippen molar-refractivity contribution in [2.75, 3.05) is 5.32 Å². The molecule has 2 N–H and O–H groups in total. The maximum atomic E-state index is 13.7. The van der Waals surface area contributed by atoms with Crippen LogP contribution in [0, 0.1) is 0 Å². The Morgan fingerprint density at radius 3 is 2.57 bits per heavy atom. The van der Waals surface area contributed by atoms with Crippen molar-refractivity contribution in [2.45, 2.75) is 12.5 Å². The quantitative estimate of drug-likeness (QED) is 0.265. The third-order valence-electron chi connectivity index (χ3n) is 6.73. The Bertz CT molecular complexity index is 2050. The van der Waals surface area contributed by atoms with Crippen molar-refractivity contribution >= 4 is 45.6 Å². The summed E-state index contributed by atoms with van der Waals surface area (Å²) in [5.41, 5.74) is 2.12. The average molecular weight is 598 g/mol. The highest BCUT2D eigenvalue weighted by molar-refractivity contribution is 6.31. The van der Waals surface area contributed by atoms with Gasteiger partial charge in [0, 0.05) is 40.3 Å². The molecule has 0 unspecified atom stereocenters. The monoisotopic (exact) mass is 597 g/mol. The highest BCUT2D eigenvalue weighted by Crippen LogP contribution is 2.28. The Labute approximate surface area is 248 Å². The first-order valence-corrected chi connectivity index (χ1v) is 13.5. The minimum absolute atomic E-state index is 0.201. The number of hydrogen-bond donors (Lipinski definition) is 2. The Hall–Kier alpha value is -5.06. The molecule has 10 nitrogen and oxygen atoms in total. The zero-order chi connectivity index (χ0) is 29.2. The van der Waals surface area contributed by atoms with E-state index >= 15 is 0 Å². The van der Waals surface area contributed by atoms with Gasteiger partial charge in [0.25, 0.3) is 11.1 Å². The molecular formula is C30H21Cl2N7O3. The van der Waals surface area contributed by atoms with Gasteiger partial charge in [-0.3, -0.25) is 19.0 Å². The number of benzene rings is 3. The van der Waals surface area contributed by atoms with Gasteiger partial charge in [-0.05, 0) is 53.4 Å². The van der Waals surface area contributed by atoms with Crippen LogP contribution in [0.1, 0.15) is 11.6 Å². The molecule has 3 aromatic carbocycles. The number of anilines is 1. The van der Waals surface area contributed by atoms with E-state index < -0.39 is 17.5 Å². The van der Waals surface area contributed by atoms with Gasteiger partial charge < -0.3 is 10.3 Å². The number of pyridine rings is 1. The number of hydrogen-bond acceptors (Lipinski definition) is 6. The fourth-order valence-corrected chi connectivity index (χ4v) is 5.01. The molecule has 1 atom stereocenters. The SMILES string of the molecule is O=C(Nc1ccc2c(=O)[nH]ccc2c1)[C@H](Cc1ccccc1)n1cnc(-c2cc(Cl)ccc2-n2cc(Cl)nn2)cc1=O. The molecule has 42 heavy (non-hydrogen) atoms. The second kappa shape index (κ2) is 11.4. The van der Waals surface area contributed by atoms with E-state index in [2.05, 4.69) is 25.6 Å². The third kappa shape index (κ3) is 5.58. The topological polar surface area (TPSA) is 128 Å². The number of amides is 1. The van der Waals surface area contributed by atoms with Crippen LogP contribution in [-0.2, 0) is 11.2 Å². The molecule has 3 heterocycles. The molecule has 0 aliphatic carbocycles. The number of aromatic amines is 1. The van der Waals surface area contributed by atoms with Crippen LogP contribution in [-0.4, -0.2) is 35.4 Å². The van der Waals surface area contributed by atoms with E-state index in [4.69, 9.17) is 23.2 Å². The lowest BCUT2D eigenvalue weighted by Gasteiger charge is -2.20. The Morgan fingerprint density at radius 1 is 0.976 bits per heavy atom. The summed E-state index contributed by atoms with van der Waals surface area (Å²) < 4.78 is 2.76. The summed E-state index contributed by atoms with van der Waals surface area (Å²) in [4.78, 5) is 46.5. The van der Waals surface area contributed by atoms with Gasteiger partial charge in [-0.25, -0.2) is 9.67 Å². The molecule has 0 radical (unpaired) electrons. The number of H-pyrrole nitrogens is 1. The van der Waals surface area contributed by atoms with E-state index in [9.17, 15) is 14.4 Å². The van der Waals surface area contributed by atoms with E-state index in [0.717, 1.165) is 5.56 Å². The molecule has 0 aliphatic heterocycles. The largest absolute Gasteiger partial charge is 0.329 e. The summed E-state index contributed by atoms with van der Waals surface area (Å²) in [6, 6.07) is 21.6. The molecule has 0 fully saturated rings. The van der Waals surface area contributed by atoms with Gasteiger partial charge in [-0.2, -0.15) is 0 Å². The minimum Gasteiger partial charge on any atom is -0.329 e. The second-order valence-electron chi connectivity index (χ2n) is 9.47. The van der Waals surface area contributed by atoms with Crippen LogP contribution in [0.15, 0.2) is 107 Å². The fourth-order valence-electron chi connectivity index (χ4n) is 4.72. The van der Waals surface area contributed by atoms with Gasteiger partial charge >= 0.3 is 0 Å². The molecule has 6 aromatic rings. The Balaban J connectivity index is 1.37. The zero-order valence-electron chi connectivity index (χ0n) is 21.7. The summed E-state index contributed by atoms with van der Waals surface area (Å²) in [5.74, 6) is -0.416. The molecule has 208 valence electrons. The Morgan fingerprint density at radius 2 is 1.81 bits per heavy atom. The van der Waals surface area contributed by atoms with Crippen LogP contribution in [0.2, 0.25) is 10.2 Å². The summed E-state index contributed by atoms with van der Waals surface area (Å²) in [5, 5.41) is 12.5. The van der Waals surface area contributed by atoms with Crippen LogP contribution in [0.3, 0.4) is 0 Å². The predicted molar refractivity (Wildman–Crippen MR) is 161 cm³/mol. The van der Waals surface area contributed by atoms with Crippen LogP contribution in [0.25, 0.3) is 27.7 Å². The minimum atomic E-state index is -0.927. The first kappa shape index (κ1) is 27.1. The normalized spacial score (nSPS) is 11.9. The van der Waals surface area contributed by atoms with E-state index in [1.165, 1.54) is 27.8 Å². The van der Waals surface area contributed by atoms with Crippen molar-refractivity contribution in [3.05, 3.63) is 134 Å². The number of nitrogens with zero attached hydrogens (tertiary/aromatic N) is 5. The number of fused-ring (bicyclic) bond motifs is 1. The van der Waals surface area contributed by atoms with E-state index in [-0.39, 0.29) is 17.1 Å². The van der Waals surface area contributed by atoms with Crippen molar-refractivity contribution in [1.82, 2.24) is 29.5 Å². The van der Waals surface area contributed by atoms with Crippen LogP contribution in [0.5, 0.6) is 0 Å². The van der Waals surface area contributed by atoms with Crippen molar-refractivity contribution < 1.29 is 4.79 Å². The van der Waals surface area contributed by atoms with Crippen LogP contribution >= 0.6 is 23.2 Å². The molecule has 0 bridgehead atoms. The number of aromatic nitrogens is 6.